The number of rotatable bonds is 6. The van der Waals surface area contributed by atoms with Gasteiger partial charge in [-0.15, -0.1) is 0 Å². The van der Waals surface area contributed by atoms with Crippen LogP contribution in [0.4, 0.5) is 0 Å². The lowest BCUT2D eigenvalue weighted by Crippen LogP contribution is -2.25. The Kier molecular flexibility index (Phi) is 7.50. The smallest absolute Gasteiger partial charge is 0.171 e. The van der Waals surface area contributed by atoms with Gasteiger partial charge in [-0.25, -0.2) is 0 Å². The SMILES string of the molecule is O=P(c1ccccc1)(c1ccccc1)c1ccc2c(-c3ccc(-c4cccc5ccccc45)cc3)c3ccccc3c(-c3ccccc3)c2c1. The second-order valence-electron chi connectivity index (χ2n) is 12.8. The molecule has 0 bridgehead atoms. The van der Waals surface area contributed by atoms with Gasteiger partial charge in [0, 0.05) is 15.9 Å². The Morgan fingerprint density at radius 3 is 1.40 bits per heavy atom. The summed E-state index contributed by atoms with van der Waals surface area (Å²) >= 11 is 0. The van der Waals surface area contributed by atoms with Crippen LogP contribution in [0, 0.1) is 0 Å². The Labute approximate surface area is 292 Å². The van der Waals surface area contributed by atoms with Gasteiger partial charge in [0.2, 0.25) is 0 Å². The van der Waals surface area contributed by atoms with Crippen molar-refractivity contribution in [2.24, 2.45) is 0 Å². The standard InChI is InChI=1S/C48H33OP/c49-50(38-19-6-2-7-20-38,39-21-8-3-9-22-39)40-31-32-45-46(33-40)48(36-16-4-1-5-17-36)44-25-13-12-24-43(44)47(45)37-29-27-35(28-30-37)42-26-14-18-34-15-10-11-23-41(34)42/h1-33H. The molecule has 1 nitrogen and oxygen atoms in total. The third-order valence-electron chi connectivity index (χ3n) is 9.95. The lowest BCUT2D eigenvalue weighted by Gasteiger charge is -2.23. The molecule has 2 heteroatoms. The van der Waals surface area contributed by atoms with Gasteiger partial charge in [0.1, 0.15) is 0 Å². The zero-order valence-corrected chi connectivity index (χ0v) is 28.3. The lowest BCUT2D eigenvalue weighted by atomic mass is 9.85. The summed E-state index contributed by atoms with van der Waals surface area (Å²) in [6.07, 6.45) is 0. The van der Waals surface area contributed by atoms with E-state index in [1.165, 1.54) is 38.2 Å². The maximum atomic E-state index is 15.6. The second-order valence-corrected chi connectivity index (χ2v) is 15.5. The fraction of sp³-hybridized carbons (Fsp3) is 0. The summed E-state index contributed by atoms with van der Waals surface area (Å²) in [6.45, 7) is 0. The van der Waals surface area contributed by atoms with Gasteiger partial charge in [-0.2, -0.15) is 0 Å². The molecule has 0 aliphatic heterocycles. The molecule has 0 heterocycles. The Balaban J connectivity index is 1.32. The van der Waals surface area contributed by atoms with Crippen molar-refractivity contribution in [2.75, 3.05) is 0 Å². The highest BCUT2D eigenvalue weighted by Crippen LogP contribution is 2.47. The first-order valence-electron chi connectivity index (χ1n) is 17.0. The van der Waals surface area contributed by atoms with E-state index in [0.29, 0.717) is 0 Å². The predicted octanol–water partition coefficient (Wildman–Crippen LogP) is 11.8. The highest BCUT2D eigenvalue weighted by molar-refractivity contribution is 7.85. The summed E-state index contributed by atoms with van der Waals surface area (Å²) in [7, 11) is -3.20. The minimum absolute atomic E-state index is 0.826. The van der Waals surface area contributed by atoms with Crippen molar-refractivity contribution < 1.29 is 4.57 Å². The maximum absolute atomic E-state index is 15.6. The van der Waals surface area contributed by atoms with E-state index >= 15 is 4.57 Å². The predicted molar refractivity (Wildman–Crippen MR) is 215 cm³/mol. The second kappa shape index (κ2) is 12.5. The van der Waals surface area contributed by atoms with Gasteiger partial charge in [0.25, 0.3) is 0 Å². The van der Waals surface area contributed by atoms with Crippen LogP contribution in [-0.4, -0.2) is 0 Å². The topological polar surface area (TPSA) is 17.1 Å². The molecule has 0 unspecified atom stereocenters. The molecule has 0 radical (unpaired) electrons. The summed E-state index contributed by atoms with van der Waals surface area (Å²) < 4.78 is 15.6. The Bertz CT molecular complexity index is 2650. The maximum Gasteiger partial charge on any atom is 0.171 e. The van der Waals surface area contributed by atoms with Gasteiger partial charge in [-0.3, -0.25) is 0 Å². The van der Waals surface area contributed by atoms with E-state index in [2.05, 4.69) is 140 Å². The summed E-state index contributed by atoms with van der Waals surface area (Å²) in [5.41, 5.74) is 7.04. The van der Waals surface area contributed by atoms with Crippen molar-refractivity contribution in [1.82, 2.24) is 0 Å². The van der Waals surface area contributed by atoms with Gasteiger partial charge in [0.05, 0.1) is 0 Å². The van der Waals surface area contributed by atoms with Crippen LogP contribution >= 0.6 is 7.14 Å². The monoisotopic (exact) mass is 656 g/mol. The molecule has 0 spiro atoms. The summed E-state index contributed by atoms with van der Waals surface area (Å²) in [4.78, 5) is 0. The molecule has 50 heavy (non-hydrogen) atoms. The molecule has 9 rings (SSSR count). The molecule has 0 N–H and O–H groups in total. The molecule has 0 atom stereocenters. The van der Waals surface area contributed by atoms with Crippen LogP contribution < -0.4 is 15.9 Å². The van der Waals surface area contributed by atoms with E-state index < -0.39 is 7.14 Å². The van der Waals surface area contributed by atoms with Crippen LogP contribution in [0.25, 0.3) is 65.7 Å². The van der Waals surface area contributed by atoms with Crippen LogP contribution in [0.5, 0.6) is 0 Å². The first kappa shape index (κ1) is 30.1. The Hall–Kier alpha value is -6.01. The fourth-order valence-corrected chi connectivity index (χ4v) is 10.3. The Morgan fingerprint density at radius 2 is 0.760 bits per heavy atom. The minimum atomic E-state index is -3.20. The normalized spacial score (nSPS) is 11.7. The molecule has 0 saturated carbocycles. The van der Waals surface area contributed by atoms with Crippen LogP contribution in [-0.2, 0) is 4.57 Å². The summed E-state index contributed by atoms with van der Waals surface area (Å²) in [5.74, 6) is 0. The molecule has 0 amide bonds. The van der Waals surface area contributed by atoms with Crippen molar-refractivity contribution in [3.05, 3.63) is 200 Å². The molecule has 236 valence electrons. The van der Waals surface area contributed by atoms with Crippen molar-refractivity contribution in [2.45, 2.75) is 0 Å². The fourth-order valence-electron chi connectivity index (χ4n) is 7.61. The van der Waals surface area contributed by atoms with Crippen molar-refractivity contribution in [3.8, 4) is 33.4 Å². The molecule has 0 saturated heterocycles. The highest BCUT2D eigenvalue weighted by atomic mass is 31.2. The molecule has 0 aromatic heterocycles. The first-order valence-corrected chi connectivity index (χ1v) is 18.8. The van der Waals surface area contributed by atoms with Crippen molar-refractivity contribution >= 4 is 55.4 Å². The molecule has 0 aliphatic carbocycles. The average molecular weight is 657 g/mol. The third kappa shape index (κ3) is 4.98. The molecule has 0 aliphatic rings. The van der Waals surface area contributed by atoms with E-state index in [4.69, 9.17) is 0 Å². The Morgan fingerprint density at radius 1 is 0.300 bits per heavy atom. The van der Waals surface area contributed by atoms with E-state index in [-0.39, 0.29) is 0 Å². The van der Waals surface area contributed by atoms with E-state index in [9.17, 15) is 0 Å². The van der Waals surface area contributed by atoms with Gasteiger partial charge in [0.15, 0.2) is 7.14 Å². The van der Waals surface area contributed by atoms with Crippen LogP contribution in [0.3, 0.4) is 0 Å². The van der Waals surface area contributed by atoms with Gasteiger partial charge < -0.3 is 4.57 Å². The number of benzene rings is 9. The first-order chi connectivity index (χ1) is 24.7. The molecular formula is C48H33OP. The zero-order valence-electron chi connectivity index (χ0n) is 27.4. The minimum Gasteiger partial charge on any atom is -0.309 e. The van der Waals surface area contributed by atoms with Crippen molar-refractivity contribution in [1.29, 1.82) is 0 Å². The molecule has 9 aromatic rings. The van der Waals surface area contributed by atoms with Gasteiger partial charge >= 0.3 is 0 Å². The number of fused-ring (bicyclic) bond motifs is 3. The number of hydrogen-bond donors (Lipinski definition) is 0. The van der Waals surface area contributed by atoms with Gasteiger partial charge in [-0.1, -0.05) is 194 Å². The van der Waals surface area contributed by atoms with Crippen LogP contribution in [0.1, 0.15) is 0 Å². The van der Waals surface area contributed by atoms with E-state index in [0.717, 1.165) is 43.4 Å². The van der Waals surface area contributed by atoms with Crippen molar-refractivity contribution in [3.63, 3.8) is 0 Å². The van der Waals surface area contributed by atoms with Gasteiger partial charge in [-0.05, 0) is 71.8 Å². The number of hydrogen-bond acceptors (Lipinski definition) is 1. The molecule has 9 aromatic carbocycles. The molecule has 0 fully saturated rings. The van der Waals surface area contributed by atoms with Crippen LogP contribution in [0.15, 0.2) is 200 Å². The molecular weight excluding hydrogens is 624 g/mol. The van der Waals surface area contributed by atoms with Crippen LogP contribution in [0.2, 0.25) is 0 Å². The van der Waals surface area contributed by atoms with E-state index in [1.807, 2.05) is 60.7 Å². The summed E-state index contributed by atoms with van der Waals surface area (Å²) in [5, 5.41) is 9.57. The summed E-state index contributed by atoms with van der Waals surface area (Å²) in [6, 6.07) is 69.8. The quantitative estimate of drug-likeness (QED) is 0.129. The largest absolute Gasteiger partial charge is 0.309 e. The average Bonchev–Trinajstić information content (AvgIpc) is 3.20. The highest BCUT2D eigenvalue weighted by Gasteiger charge is 2.30. The zero-order chi connectivity index (χ0) is 33.5. The third-order valence-corrected chi connectivity index (χ3v) is 13.0. The lowest BCUT2D eigenvalue weighted by molar-refractivity contribution is 0.592. The van der Waals surface area contributed by atoms with E-state index in [1.54, 1.807) is 0 Å².